The van der Waals surface area contributed by atoms with Gasteiger partial charge in [-0.25, -0.2) is 9.59 Å². The summed E-state index contributed by atoms with van der Waals surface area (Å²) in [7, 11) is 0. The van der Waals surface area contributed by atoms with Crippen molar-refractivity contribution in [1.82, 2.24) is 9.97 Å². The van der Waals surface area contributed by atoms with Crippen LogP contribution in [-0.2, 0) is 9.47 Å². The van der Waals surface area contributed by atoms with Gasteiger partial charge in [0.1, 0.15) is 11.6 Å². The van der Waals surface area contributed by atoms with E-state index in [1.807, 2.05) is 38.1 Å². The molecule has 10 heteroatoms. The van der Waals surface area contributed by atoms with Crippen LogP contribution in [0.2, 0.25) is 0 Å². The molecule has 2 saturated heterocycles. The van der Waals surface area contributed by atoms with Crippen LogP contribution in [0.4, 0.5) is 11.6 Å². The number of rotatable bonds is 2. The van der Waals surface area contributed by atoms with E-state index in [4.69, 9.17) is 18.3 Å². The number of anilines is 2. The van der Waals surface area contributed by atoms with Crippen molar-refractivity contribution in [1.29, 1.82) is 0 Å². The second-order valence-electron chi connectivity index (χ2n) is 8.74. The summed E-state index contributed by atoms with van der Waals surface area (Å²) in [5, 5.41) is 1.76. The molecule has 0 amide bonds. The number of morpholine rings is 2. The van der Waals surface area contributed by atoms with Crippen molar-refractivity contribution in [2.45, 2.75) is 13.8 Å². The summed E-state index contributed by atoms with van der Waals surface area (Å²) >= 11 is 0. The van der Waals surface area contributed by atoms with Crippen LogP contribution in [-0.4, -0.2) is 62.6 Å². The number of hydrogen-bond donors (Lipinski definition) is 0. The molecule has 0 radical (unpaired) electrons. The van der Waals surface area contributed by atoms with E-state index in [0.29, 0.717) is 37.9 Å². The average molecular weight is 493 g/mol. The molecule has 0 aliphatic carbocycles. The second kappa shape index (κ2) is 10.5. The van der Waals surface area contributed by atoms with Crippen LogP contribution < -0.4 is 21.1 Å². The molecule has 0 spiro atoms. The number of fused-ring (bicyclic) bond motifs is 2. The molecule has 6 heterocycles. The number of hydrogen-bond acceptors (Lipinski definition) is 10. The lowest BCUT2D eigenvalue weighted by Gasteiger charge is -2.27. The monoisotopic (exact) mass is 492 g/mol. The van der Waals surface area contributed by atoms with Gasteiger partial charge in [0.25, 0.3) is 0 Å². The van der Waals surface area contributed by atoms with E-state index in [-0.39, 0.29) is 11.3 Å². The zero-order valence-corrected chi connectivity index (χ0v) is 20.4. The van der Waals surface area contributed by atoms with Gasteiger partial charge in [-0.2, -0.15) is 9.97 Å². The third-order valence-corrected chi connectivity index (χ3v) is 6.27. The van der Waals surface area contributed by atoms with E-state index in [9.17, 15) is 9.59 Å². The minimum absolute atomic E-state index is 0.355. The van der Waals surface area contributed by atoms with Gasteiger partial charge in [0.2, 0.25) is 11.4 Å². The Kier molecular flexibility index (Phi) is 6.97. The number of ether oxygens (including phenoxy) is 2. The maximum Gasteiger partial charge on any atom is 0.337 e. The van der Waals surface area contributed by atoms with Gasteiger partial charge in [0.05, 0.1) is 26.4 Å². The molecule has 6 rings (SSSR count). The summed E-state index contributed by atoms with van der Waals surface area (Å²) in [5.41, 5.74) is 1.88. The maximum absolute atomic E-state index is 11.4. The molecule has 2 aliphatic rings. The molecule has 0 saturated carbocycles. The highest BCUT2D eigenvalue weighted by atomic mass is 16.5. The van der Waals surface area contributed by atoms with Crippen LogP contribution in [0, 0.1) is 13.8 Å². The first-order valence-electron chi connectivity index (χ1n) is 12.0. The van der Waals surface area contributed by atoms with E-state index in [0.717, 1.165) is 59.7 Å². The number of nitrogens with zero attached hydrogens (tertiary/aromatic N) is 4. The van der Waals surface area contributed by atoms with Crippen molar-refractivity contribution in [2.75, 3.05) is 62.4 Å². The van der Waals surface area contributed by atoms with Gasteiger partial charge in [0.15, 0.2) is 0 Å². The number of aromatic nitrogens is 2. The minimum Gasteiger partial charge on any atom is -0.404 e. The molecule has 0 N–H and O–H groups in total. The van der Waals surface area contributed by atoms with Gasteiger partial charge in [0, 0.05) is 49.1 Å². The van der Waals surface area contributed by atoms with Crippen molar-refractivity contribution in [3.05, 3.63) is 68.4 Å². The molecule has 2 fully saturated rings. The smallest absolute Gasteiger partial charge is 0.337 e. The van der Waals surface area contributed by atoms with Crippen molar-refractivity contribution in [3.63, 3.8) is 0 Å². The summed E-state index contributed by atoms with van der Waals surface area (Å²) in [4.78, 5) is 35.8. The van der Waals surface area contributed by atoms with Crippen molar-refractivity contribution in [2.24, 2.45) is 0 Å². The standard InChI is InChI=1S/2C13H14N2O3/c2*1-9-8-12(16)18-13-10(9)2-3-11(14-13)15-4-6-17-7-5-15/h2*2-3,8H,4-7H2,1H3. The van der Waals surface area contributed by atoms with Crippen LogP contribution >= 0.6 is 0 Å². The Hall–Kier alpha value is -3.76. The van der Waals surface area contributed by atoms with Gasteiger partial charge in [-0.15, -0.1) is 0 Å². The molecule has 10 nitrogen and oxygen atoms in total. The van der Waals surface area contributed by atoms with Gasteiger partial charge < -0.3 is 28.1 Å². The summed E-state index contributed by atoms with van der Waals surface area (Å²) in [6.45, 7) is 9.85. The largest absolute Gasteiger partial charge is 0.404 e. The predicted molar refractivity (Wildman–Crippen MR) is 136 cm³/mol. The molecular formula is C26H28N4O6. The third kappa shape index (κ3) is 5.24. The Balaban J connectivity index is 0.000000148. The lowest BCUT2D eigenvalue weighted by atomic mass is 10.2. The molecule has 0 unspecified atom stereocenters. The lowest BCUT2D eigenvalue weighted by molar-refractivity contribution is 0.122. The molecule has 0 bridgehead atoms. The Bertz CT molecular complexity index is 1370. The number of aryl methyl sites for hydroxylation is 2. The van der Waals surface area contributed by atoms with Gasteiger partial charge in [-0.1, -0.05) is 0 Å². The van der Waals surface area contributed by atoms with E-state index in [1.54, 1.807) is 0 Å². The van der Waals surface area contributed by atoms with E-state index < -0.39 is 0 Å². The first kappa shape index (κ1) is 24.0. The molecule has 4 aromatic heterocycles. The van der Waals surface area contributed by atoms with Crippen LogP contribution in [0.25, 0.3) is 22.2 Å². The maximum atomic E-state index is 11.4. The van der Waals surface area contributed by atoms with E-state index in [1.165, 1.54) is 12.1 Å². The summed E-state index contributed by atoms with van der Waals surface area (Å²) < 4.78 is 20.9. The SMILES string of the molecule is Cc1cc(=O)oc2nc(N3CCOCC3)ccc12.Cc1cc(=O)oc2nc(N3CCOCC3)ccc12. The molecule has 36 heavy (non-hydrogen) atoms. The van der Waals surface area contributed by atoms with Crippen LogP contribution in [0.15, 0.2) is 54.8 Å². The van der Waals surface area contributed by atoms with Crippen LogP contribution in [0.5, 0.6) is 0 Å². The molecule has 0 aromatic carbocycles. The highest BCUT2D eigenvalue weighted by Crippen LogP contribution is 2.21. The fourth-order valence-corrected chi connectivity index (χ4v) is 4.31. The predicted octanol–water partition coefficient (Wildman–Crippen LogP) is 2.67. The minimum atomic E-state index is -0.355. The lowest BCUT2D eigenvalue weighted by Crippen LogP contribution is -2.36. The van der Waals surface area contributed by atoms with Crippen LogP contribution in [0.1, 0.15) is 11.1 Å². The summed E-state index contributed by atoms with van der Waals surface area (Å²) in [6.07, 6.45) is 0. The van der Waals surface area contributed by atoms with E-state index >= 15 is 0 Å². The Morgan fingerprint density at radius 2 is 1.03 bits per heavy atom. The van der Waals surface area contributed by atoms with Gasteiger partial charge >= 0.3 is 11.3 Å². The quantitative estimate of drug-likeness (QED) is 0.414. The first-order chi connectivity index (χ1) is 17.5. The van der Waals surface area contributed by atoms with Crippen molar-refractivity contribution in [3.8, 4) is 0 Å². The second-order valence-corrected chi connectivity index (χ2v) is 8.74. The average Bonchev–Trinajstić information content (AvgIpc) is 2.89. The molecule has 4 aromatic rings. The molecular weight excluding hydrogens is 464 g/mol. The molecule has 2 aliphatic heterocycles. The zero-order valence-electron chi connectivity index (χ0n) is 20.4. The Morgan fingerprint density at radius 3 is 1.42 bits per heavy atom. The summed E-state index contributed by atoms with van der Waals surface area (Å²) in [6, 6.07) is 10.8. The van der Waals surface area contributed by atoms with Gasteiger partial charge in [-0.05, 0) is 49.2 Å². The van der Waals surface area contributed by atoms with E-state index in [2.05, 4.69) is 19.8 Å². The summed E-state index contributed by atoms with van der Waals surface area (Å²) in [5.74, 6) is 1.67. The fourth-order valence-electron chi connectivity index (χ4n) is 4.31. The molecule has 188 valence electrons. The Labute approximate surface area is 207 Å². The normalized spacial score (nSPS) is 16.2. The topological polar surface area (TPSA) is 111 Å². The molecule has 0 atom stereocenters. The third-order valence-electron chi connectivity index (χ3n) is 6.27. The zero-order chi connectivity index (χ0) is 25.1. The highest BCUT2D eigenvalue weighted by Gasteiger charge is 2.15. The Morgan fingerprint density at radius 1 is 0.639 bits per heavy atom. The number of pyridine rings is 2. The van der Waals surface area contributed by atoms with Gasteiger partial charge in [-0.3, -0.25) is 0 Å². The highest BCUT2D eigenvalue weighted by molar-refractivity contribution is 5.79. The van der Waals surface area contributed by atoms with Crippen molar-refractivity contribution < 1.29 is 18.3 Å². The first-order valence-corrected chi connectivity index (χ1v) is 12.0. The van der Waals surface area contributed by atoms with Crippen molar-refractivity contribution >= 4 is 33.8 Å². The van der Waals surface area contributed by atoms with Crippen LogP contribution in [0.3, 0.4) is 0 Å². The fraction of sp³-hybridized carbons (Fsp3) is 0.385.